The van der Waals surface area contributed by atoms with E-state index in [1.54, 1.807) is 24.1 Å². The predicted octanol–water partition coefficient (Wildman–Crippen LogP) is 3.67. The van der Waals surface area contributed by atoms with E-state index in [0.717, 1.165) is 24.5 Å². The Balaban J connectivity index is 1.36. The van der Waals surface area contributed by atoms with Gasteiger partial charge < -0.3 is 19.3 Å². The average molecular weight is 447 g/mol. The molecule has 30 heavy (non-hydrogen) atoms. The summed E-state index contributed by atoms with van der Waals surface area (Å²) in [5.74, 6) is 1.02. The Morgan fingerprint density at radius 2 is 1.80 bits per heavy atom. The zero-order valence-electron chi connectivity index (χ0n) is 16.3. The van der Waals surface area contributed by atoms with Gasteiger partial charge in [0.15, 0.2) is 6.61 Å². The normalized spacial score (nSPS) is 14.1. The van der Waals surface area contributed by atoms with Crippen LogP contribution in [0.25, 0.3) is 10.9 Å². The second kappa shape index (κ2) is 8.93. The number of hydrogen-bond acceptors (Lipinski definition) is 6. The van der Waals surface area contributed by atoms with Gasteiger partial charge in [0.2, 0.25) is 5.88 Å². The maximum absolute atomic E-state index is 12.6. The van der Waals surface area contributed by atoms with E-state index in [-0.39, 0.29) is 18.4 Å². The molecular weight excluding hydrogens is 427 g/mol. The molecule has 0 N–H and O–H groups in total. The quantitative estimate of drug-likeness (QED) is 0.595. The molecule has 1 aliphatic heterocycles. The lowest BCUT2D eigenvalue weighted by Gasteiger charge is -2.36. The fourth-order valence-corrected chi connectivity index (χ4v) is 3.95. The number of methoxy groups -OCH3 is 1. The molecule has 0 bridgehead atoms. The van der Waals surface area contributed by atoms with E-state index in [1.165, 1.54) is 6.33 Å². The lowest BCUT2D eigenvalue weighted by Crippen LogP contribution is -2.50. The number of nitrogens with zero attached hydrogens (tertiary/aromatic N) is 4. The Morgan fingerprint density at radius 1 is 1.07 bits per heavy atom. The summed E-state index contributed by atoms with van der Waals surface area (Å²) >= 11 is 12.3. The number of halogens is 2. The van der Waals surface area contributed by atoms with E-state index in [1.807, 2.05) is 24.3 Å². The van der Waals surface area contributed by atoms with E-state index in [0.29, 0.717) is 34.0 Å². The van der Waals surface area contributed by atoms with Gasteiger partial charge in [-0.2, -0.15) is 0 Å². The van der Waals surface area contributed by atoms with E-state index in [9.17, 15) is 4.79 Å². The standard InChI is InChI=1S/C21H20Cl2N4O3/c1-29-16-4-2-15(3-5-16)26-6-8-27(9-7-26)19(28)12-30-21-17-10-14(22)11-18(23)20(17)24-13-25-21/h2-5,10-11,13H,6-9,12H2,1H3. The number of ether oxygens (including phenoxy) is 2. The topological polar surface area (TPSA) is 67.8 Å². The molecule has 1 aliphatic rings. The summed E-state index contributed by atoms with van der Waals surface area (Å²) in [5.41, 5.74) is 1.65. The minimum atomic E-state index is -0.112. The Bertz CT molecular complexity index is 1050. The molecule has 156 valence electrons. The number of amides is 1. The second-order valence-electron chi connectivity index (χ2n) is 6.82. The summed E-state index contributed by atoms with van der Waals surface area (Å²) in [6.45, 7) is 2.63. The Labute approximate surface area is 184 Å². The Hall–Kier alpha value is -2.77. The van der Waals surface area contributed by atoms with Crippen LogP contribution in [0.1, 0.15) is 0 Å². The fraction of sp³-hybridized carbons (Fsp3) is 0.286. The molecule has 0 unspecified atom stereocenters. The Kier molecular flexibility index (Phi) is 6.11. The maximum atomic E-state index is 12.6. The second-order valence-corrected chi connectivity index (χ2v) is 7.66. The molecule has 3 aromatic rings. The van der Waals surface area contributed by atoms with Crippen molar-refractivity contribution in [2.45, 2.75) is 0 Å². The molecule has 1 aromatic heterocycles. The van der Waals surface area contributed by atoms with Crippen LogP contribution in [0.4, 0.5) is 5.69 Å². The predicted molar refractivity (Wildman–Crippen MR) is 117 cm³/mol. The minimum absolute atomic E-state index is 0.0933. The molecule has 1 saturated heterocycles. The van der Waals surface area contributed by atoms with Crippen LogP contribution in [-0.2, 0) is 4.79 Å². The summed E-state index contributed by atoms with van der Waals surface area (Å²) in [7, 11) is 1.65. The summed E-state index contributed by atoms with van der Waals surface area (Å²) in [5, 5.41) is 1.44. The van der Waals surface area contributed by atoms with Crippen molar-refractivity contribution in [3.63, 3.8) is 0 Å². The molecule has 7 nitrogen and oxygen atoms in total. The molecule has 1 fully saturated rings. The van der Waals surface area contributed by atoms with Crippen LogP contribution in [0.3, 0.4) is 0 Å². The largest absolute Gasteiger partial charge is 0.497 e. The van der Waals surface area contributed by atoms with Crippen molar-refractivity contribution in [3.05, 3.63) is 52.8 Å². The van der Waals surface area contributed by atoms with Crippen molar-refractivity contribution in [2.75, 3.05) is 44.8 Å². The fourth-order valence-electron chi connectivity index (χ4n) is 3.41. The lowest BCUT2D eigenvalue weighted by atomic mass is 10.2. The number of hydrogen-bond donors (Lipinski definition) is 0. The zero-order chi connectivity index (χ0) is 21.1. The van der Waals surface area contributed by atoms with Crippen molar-refractivity contribution in [1.82, 2.24) is 14.9 Å². The third-order valence-corrected chi connectivity index (χ3v) is 5.53. The van der Waals surface area contributed by atoms with E-state index in [2.05, 4.69) is 14.9 Å². The van der Waals surface area contributed by atoms with Gasteiger partial charge >= 0.3 is 0 Å². The number of piperazine rings is 1. The molecule has 2 heterocycles. The smallest absolute Gasteiger partial charge is 0.260 e. The van der Waals surface area contributed by atoms with Crippen LogP contribution >= 0.6 is 23.2 Å². The SMILES string of the molecule is COc1ccc(N2CCN(C(=O)COc3ncnc4c(Cl)cc(Cl)cc34)CC2)cc1. The van der Waals surface area contributed by atoms with Gasteiger partial charge in [-0.25, -0.2) is 9.97 Å². The molecule has 0 atom stereocenters. The van der Waals surface area contributed by atoms with E-state index >= 15 is 0 Å². The van der Waals surface area contributed by atoms with E-state index in [4.69, 9.17) is 32.7 Å². The van der Waals surface area contributed by atoms with Crippen LogP contribution in [-0.4, -0.2) is 60.7 Å². The summed E-state index contributed by atoms with van der Waals surface area (Å²) < 4.78 is 10.9. The first-order valence-electron chi connectivity index (χ1n) is 9.44. The minimum Gasteiger partial charge on any atom is -0.497 e. The molecular formula is C21H20Cl2N4O3. The molecule has 9 heteroatoms. The molecule has 2 aromatic carbocycles. The number of carbonyl (C=O) groups is 1. The zero-order valence-corrected chi connectivity index (χ0v) is 17.9. The number of benzene rings is 2. The van der Waals surface area contributed by atoms with Gasteiger partial charge in [-0.1, -0.05) is 23.2 Å². The summed E-state index contributed by atoms with van der Waals surface area (Å²) in [4.78, 5) is 25.0. The van der Waals surface area contributed by atoms with Gasteiger partial charge in [0.05, 0.1) is 23.0 Å². The van der Waals surface area contributed by atoms with Crippen LogP contribution in [0.2, 0.25) is 10.0 Å². The first-order chi connectivity index (χ1) is 14.5. The molecule has 4 rings (SSSR count). The molecule has 0 saturated carbocycles. The molecule has 0 aliphatic carbocycles. The summed E-state index contributed by atoms with van der Waals surface area (Å²) in [6.07, 6.45) is 1.36. The van der Waals surface area contributed by atoms with Gasteiger partial charge in [0.25, 0.3) is 5.91 Å². The highest BCUT2D eigenvalue weighted by molar-refractivity contribution is 6.38. The number of anilines is 1. The first-order valence-corrected chi connectivity index (χ1v) is 10.2. The van der Waals surface area contributed by atoms with Crippen LogP contribution in [0.15, 0.2) is 42.7 Å². The molecule has 0 spiro atoms. The van der Waals surface area contributed by atoms with Crippen molar-refractivity contribution >= 4 is 45.7 Å². The van der Waals surface area contributed by atoms with Gasteiger partial charge in [-0.3, -0.25) is 4.79 Å². The highest BCUT2D eigenvalue weighted by atomic mass is 35.5. The third kappa shape index (κ3) is 4.37. The van der Waals surface area contributed by atoms with Crippen LogP contribution in [0.5, 0.6) is 11.6 Å². The highest BCUT2D eigenvalue weighted by Crippen LogP contribution is 2.30. The molecule has 1 amide bonds. The van der Waals surface area contributed by atoms with Crippen molar-refractivity contribution in [2.24, 2.45) is 0 Å². The maximum Gasteiger partial charge on any atom is 0.260 e. The number of aromatic nitrogens is 2. The molecule has 0 radical (unpaired) electrons. The third-order valence-electron chi connectivity index (χ3n) is 5.02. The van der Waals surface area contributed by atoms with Crippen molar-refractivity contribution < 1.29 is 14.3 Å². The number of fused-ring (bicyclic) bond motifs is 1. The number of rotatable bonds is 5. The van der Waals surface area contributed by atoms with Gasteiger partial charge in [-0.15, -0.1) is 0 Å². The van der Waals surface area contributed by atoms with Gasteiger partial charge in [0.1, 0.15) is 12.1 Å². The van der Waals surface area contributed by atoms with Crippen molar-refractivity contribution in [1.29, 1.82) is 0 Å². The van der Waals surface area contributed by atoms with E-state index < -0.39 is 0 Å². The van der Waals surface area contributed by atoms with Crippen LogP contribution < -0.4 is 14.4 Å². The van der Waals surface area contributed by atoms with Gasteiger partial charge in [0, 0.05) is 36.9 Å². The Morgan fingerprint density at radius 3 is 2.50 bits per heavy atom. The summed E-state index contributed by atoms with van der Waals surface area (Å²) in [6, 6.07) is 11.2. The lowest BCUT2D eigenvalue weighted by molar-refractivity contribution is -0.133. The number of carbonyl (C=O) groups excluding carboxylic acids is 1. The van der Waals surface area contributed by atoms with Crippen LogP contribution in [0, 0.1) is 0 Å². The average Bonchev–Trinajstić information content (AvgIpc) is 2.77. The monoisotopic (exact) mass is 446 g/mol. The highest BCUT2D eigenvalue weighted by Gasteiger charge is 2.22. The van der Waals surface area contributed by atoms with Crippen molar-refractivity contribution in [3.8, 4) is 11.6 Å². The first kappa shape index (κ1) is 20.5. The van der Waals surface area contributed by atoms with Gasteiger partial charge in [-0.05, 0) is 36.4 Å².